The lowest BCUT2D eigenvalue weighted by atomic mass is 10.0. The summed E-state index contributed by atoms with van der Waals surface area (Å²) in [6.07, 6.45) is 1.35. The first-order valence-electron chi connectivity index (χ1n) is 6.13. The number of hydrogen-bond acceptors (Lipinski definition) is 5. The number of carboxylic acid groups (broad SMARTS) is 1. The van der Waals surface area contributed by atoms with Gasteiger partial charge >= 0.3 is 11.0 Å². The van der Waals surface area contributed by atoms with Crippen LogP contribution in [0.15, 0.2) is 11.4 Å². The van der Waals surface area contributed by atoms with Crippen molar-refractivity contribution in [1.29, 1.82) is 0 Å². The molecule has 20 heavy (non-hydrogen) atoms. The van der Waals surface area contributed by atoms with Gasteiger partial charge in [0.1, 0.15) is 0 Å². The number of aliphatic carboxylic acids is 1. The van der Waals surface area contributed by atoms with Crippen LogP contribution in [-0.2, 0) is 4.79 Å². The van der Waals surface area contributed by atoms with E-state index in [4.69, 9.17) is 5.11 Å². The van der Waals surface area contributed by atoms with Gasteiger partial charge in [0.05, 0.1) is 10.5 Å². The maximum atomic E-state index is 11.7. The van der Waals surface area contributed by atoms with E-state index in [-0.39, 0.29) is 28.8 Å². The summed E-state index contributed by atoms with van der Waals surface area (Å²) in [7, 11) is 0. The molecule has 8 heteroatoms. The van der Waals surface area contributed by atoms with Crippen molar-refractivity contribution < 1.29 is 19.6 Å². The van der Waals surface area contributed by atoms with Crippen molar-refractivity contribution in [1.82, 2.24) is 5.32 Å². The lowest BCUT2D eigenvalue weighted by Gasteiger charge is -2.10. The van der Waals surface area contributed by atoms with Gasteiger partial charge in [0.25, 0.3) is 5.91 Å². The Labute approximate surface area is 119 Å². The zero-order chi connectivity index (χ0) is 15.1. The number of nitrogens with zero attached hydrogens (tertiary/aromatic N) is 1. The fourth-order valence-electron chi connectivity index (χ4n) is 1.59. The van der Waals surface area contributed by atoms with Crippen molar-refractivity contribution in [3.05, 3.63) is 27.1 Å². The summed E-state index contributed by atoms with van der Waals surface area (Å²) >= 11 is 0.912. The van der Waals surface area contributed by atoms with Gasteiger partial charge in [0.15, 0.2) is 0 Å². The number of nitrogens with one attached hydrogen (secondary N) is 1. The molecular weight excluding hydrogens is 284 g/mol. The third-order valence-corrected chi connectivity index (χ3v) is 3.68. The Hall–Kier alpha value is -1.96. The monoisotopic (exact) mass is 300 g/mol. The highest BCUT2D eigenvalue weighted by molar-refractivity contribution is 7.13. The summed E-state index contributed by atoms with van der Waals surface area (Å²) in [5.74, 6) is -0.977. The van der Waals surface area contributed by atoms with Gasteiger partial charge in [-0.2, -0.15) is 0 Å². The SMILES string of the molecule is CC(CCNC(=O)c1csc([N+](=O)[O-])c1)CCC(=O)O. The van der Waals surface area contributed by atoms with E-state index in [9.17, 15) is 19.7 Å². The van der Waals surface area contributed by atoms with Gasteiger partial charge < -0.3 is 10.4 Å². The van der Waals surface area contributed by atoms with E-state index in [0.717, 1.165) is 11.3 Å². The van der Waals surface area contributed by atoms with E-state index in [1.165, 1.54) is 11.4 Å². The summed E-state index contributed by atoms with van der Waals surface area (Å²) in [5, 5.41) is 23.1. The van der Waals surface area contributed by atoms with Crippen molar-refractivity contribution in [3.8, 4) is 0 Å². The molecule has 0 bridgehead atoms. The van der Waals surface area contributed by atoms with Crippen LogP contribution in [-0.4, -0.2) is 28.5 Å². The molecule has 1 heterocycles. The molecule has 110 valence electrons. The molecule has 0 aliphatic rings. The van der Waals surface area contributed by atoms with Crippen molar-refractivity contribution in [2.75, 3.05) is 6.54 Å². The Morgan fingerprint density at radius 1 is 1.50 bits per heavy atom. The fourth-order valence-corrected chi connectivity index (χ4v) is 2.29. The maximum absolute atomic E-state index is 11.7. The summed E-state index contributed by atoms with van der Waals surface area (Å²) in [6.45, 7) is 2.34. The maximum Gasteiger partial charge on any atom is 0.324 e. The van der Waals surface area contributed by atoms with Gasteiger partial charge in [0.2, 0.25) is 0 Å². The summed E-state index contributed by atoms with van der Waals surface area (Å²) in [4.78, 5) is 32.1. The van der Waals surface area contributed by atoms with Crippen LogP contribution >= 0.6 is 11.3 Å². The molecular formula is C12H16N2O5S. The molecule has 1 aromatic rings. The molecule has 0 saturated heterocycles. The molecule has 1 unspecified atom stereocenters. The number of hydrogen-bond donors (Lipinski definition) is 2. The minimum atomic E-state index is -0.827. The third-order valence-electron chi connectivity index (χ3n) is 2.80. The Kier molecular flexibility index (Phi) is 6.10. The van der Waals surface area contributed by atoms with Crippen LogP contribution in [0.25, 0.3) is 0 Å². The quantitative estimate of drug-likeness (QED) is 0.565. The van der Waals surface area contributed by atoms with Crippen molar-refractivity contribution >= 4 is 28.2 Å². The van der Waals surface area contributed by atoms with Gasteiger partial charge in [-0.3, -0.25) is 19.7 Å². The predicted molar refractivity (Wildman–Crippen MR) is 74.0 cm³/mol. The molecule has 0 aliphatic heterocycles. The molecule has 1 aromatic heterocycles. The molecule has 7 nitrogen and oxygen atoms in total. The molecule has 0 aromatic carbocycles. The van der Waals surface area contributed by atoms with E-state index >= 15 is 0 Å². The van der Waals surface area contributed by atoms with E-state index in [1.807, 2.05) is 6.92 Å². The van der Waals surface area contributed by atoms with Crippen LogP contribution in [0.3, 0.4) is 0 Å². The van der Waals surface area contributed by atoms with Crippen molar-refractivity contribution in [3.63, 3.8) is 0 Å². The van der Waals surface area contributed by atoms with Crippen LogP contribution in [0.1, 0.15) is 36.5 Å². The average Bonchev–Trinajstić information content (AvgIpc) is 2.86. The highest BCUT2D eigenvalue weighted by Gasteiger charge is 2.14. The van der Waals surface area contributed by atoms with E-state index in [0.29, 0.717) is 19.4 Å². The van der Waals surface area contributed by atoms with Gasteiger partial charge in [0, 0.05) is 24.4 Å². The van der Waals surface area contributed by atoms with Gasteiger partial charge in [-0.25, -0.2) is 0 Å². The van der Waals surface area contributed by atoms with Crippen molar-refractivity contribution in [2.45, 2.75) is 26.2 Å². The van der Waals surface area contributed by atoms with Crippen LogP contribution in [0, 0.1) is 16.0 Å². The number of carboxylic acids is 1. The Morgan fingerprint density at radius 3 is 2.75 bits per heavy atom. The molecule has 0 radical (unpaired) electrons. The van der Waals surface area contributed by atoms with Gasteiger partial charge in [-0.1, -0.05) is 18.3 Å². The smallest absolute Gasteiger partial charge is 0.324 e. The Bertz CT molecular complexity index is 500. The summed E-state index contributed by atoms with van der Waals surface area (Å²) in [5.41, 5.74) is 0.278. The van der Waals surface area contributed by atoms with Gasteiger partial charge in [-0.15, -0.1) is 0 Å². The number of carbonyl (C=O) groups is 2. The second-order valence-corrected chi connectivity index (χ2v) is 5.40. The van der Waals surface area contributed by atoms with Crippen LogP contribution in [0.4, 0.5) is 5.00 Å². The first-order chi connectivity index (χ1) is 9.40. The first kappa shape index (κ1) is 16.1. The lowest BCUT2D eigenvalue weighted by molar-refractivity contribution is -0.380. The number of nitro groups is 1. The third kappa shape index (κ3) is 5.35. The van der Waals surface area contributed by atoms with Crippen LogP contribution < -0.4 is 5.32 Å². The van der Waals surface area contributed by atoms with E-state index < -0.39 is 10.9 Å². The lowest BCUT2D eigenvalue weighted by Crippen LogP contribution is -2.25. The number of thiophene rings is 1. The minimum Gasteiger partial charge on any atom is -0.481 e. The minimum absolute atomic E-state index is 0.0648. The summed E-state index contributed by atoms with van der Waals surface area (Å²) in [6, 6.07) is 1.24. The zero-order valence-corrected chi connectivity index (χ0v) is 11.8. The Balaban J connectivity index is 2.32. The molecule has 1 atom stereocenters. The molecule has 0 fully saturated rings. The highest BCUT2D eigenvalue weighted by Crippen LogP contribution is 2.22. The average molecular weight is 300 g/mol. The van der Waals surface area contributed by atoms with E-state index in [2.05, 4.69) is 5.32 Å². The number of amides is 1. The first-order valence-corrected chi connectivity index (χ1v) is 7.01. The largest absolute Gasteiger partial charge is 0.481 e. The van der Waals surface area contributed by atoms with Gasteiger partial charge in [-0.05, 0) is 18.8 Å². The normalized spacial score (nSPS) is 11.8. The molecule has 1 rings (SSSR count). The standard InChI is InChI=1S/C12H16N2O5S/c1-8(2-3-11(15)16)4-5-13-12(17)9-6-10(14(18)19)20-7-9/h6-8H,2-5H2,1H3,(H,13,17)(H,15,16). The van der Waals surface area contributed by atoms with E-state index in [1.54, 1.807) is 0 Å². The van der Waals surface area contributed by atoms with Crippen LogP contribution in [0.2, 0.25) is 0 Å². The molecule has 1 amide bonds. The molecule has 0 spiro atoms. The number of carbonyl (C=O) groups excluding carboxylic acids is 1. The predicted octanol–water partition coefficient (Wildman–Crippen LogP) is 2.28. The topological polar surface area (TPSA) is 110 Å². The second-order valence-electron chi connectivity index (χ2n) is 4.51. The van der Waals surface area contributed by atoms with Crippen molar-refractivity contribution in [2.24, 2.45) is 5.92 Å². The molecule has 0 aliphatic carbocycles. The second kappa shape index (κ2) is 7.59. The zero-order valence-electron chi connectivity index (χ0n) is 11.0. The highest BCUT2D eigenvalue weighted by atomic mass is 32.1. The summed E-state index contributed by atoms with van der Waals surface area (Å²) < 4.78 is 0. The molecule has 2 N–H and O–H groups in total. The fraction of sp³-hybridized carbons (Fsp3) is 0.500. The number of rotatable bonds is 8. The molecule has 0 saturated carbocycles. The van der Waals surface area contributed by atoms with Crippen LogP contribution in [0.5, 0.6) is 0 Å². The Morgan fingerprint density at radius 2 is 2.20 bits per heavy atom.